The highest BCUT2D eigenvalue weighted by Gasteiger charge is 2.19. The molecule has 0 N–H and O–H groups in total. The van der Waals surface area contributed by atoms with E-state index in [1.165, 1.54) is 19.1 Å². The van der Waals surface area contributed by atoms with Gasteiger partial charge in [-0.1, -0.05) is 41.4 Å². The van der Waals surface area contributed by atoms with E-state index in [-0.39, 0.29) is 22.1 Å². The lowest BCUT2D eigenvalue weighted by Crippen LogP contribution is -2.12. The molecule has 0 aliphatic carbocycles. The lowest BCUT2D eigenvalue weighted by atomic mass is 10.1. The topological polar surface area (TPSA) is 43.4 Å². The highest BCUT2D eigenvalue weighted by Crippen LogP contribution is 2.33. The van der Waals surface area contributed by atoms with Gasteiger partial charge in [0.15, 0.2) is 11.5 Å². The zero-order valence-electron chi connectivity index (χ0n) is 11.4. The summed E-state index contributed by atoms with van der Waals surface area (Å²) in [5.74, 6) is -0.825. The lowest BCUT2D eigenvalue weighted by molar-refractivity contribution is 0.0732. The summed E-state index contributed by atoms with van der Waals surface area (Å²) in [6.45, 7) is 3.15. The summed E-state index contributed by atoms with van der Waals surface area (Å²) in [4.78, 5) is 23.9. The Balaban J connectivity index is 2.42. The van der Waals surface area contributed by atoms with Crippen LogP contribution in [0.5, 0.6) is 5.75 Å². The van der Waals surface area contributed by atoms with E-state index >= 15 is 0 Å². The molecule has 0 aliphatic heterocycles. The van der Waals surface area contributed by atoms with Crippen molar-refractivity contribution in [3.63, 3.8) is 0 Å². The molecule has 0 unspecified atom stereocenters. The SMILES string of the molecule is CC(=O)c1cc(Cl)cc(Cl)c1OC(=O)c1ccccc1C. The van der Waals surface area contributed by atoms with E-state index in [0.29, 0.717) is 10.6 Å². The molecule has 0 aromatic heterocycles. The number of carbonyl (C=O) groups is 2. The van der Waals surface area contributed by atoms with E-state index < -0.39 is 5.97 Å². The fraction of sp³-hybridized carbons (Fsp3) is 0.125. The van der Waals surface area contributed by atoms with Gasteiger partial charge in [0.2, 0.25) is 0 Å². The number of aryl methyl sites for hydroxylation is 1. The quantitative estimate of drug-likeness (QED) is 0.466. The van der Waals surface area contributed by atoms with Crippen molar-refractivity contribution in [2.45, 2.75) is 13.8 Å². The van der Waals surface area contributed by atoms with Crippen LogP contribution in [0.2, 0.25) is 10.0 Å². The van der Waals surface area contributed by atoms with Gasteiger partial charge in [0.1, 0.15) is 0 Å². The van der Waals surface area contributed by atoms with Crippen molar-refractivity contribution in [3.05, 3.63) is 63.1 Å². The second kappa shape index (κ2) is 6.29. The minimum atomic E-state index is -0.570. The number of rotatable bonds is 3. The Morgan fingerprint density at radius 3 is 2.33 bits per heavy atom. The first-order chi connectivity index (χ1) is 9.90. The average Bonchev–Trinajstić information content (AvgIpc) is 2.41. The van der Waals surface area contributed by atoms with Gasteiger partial charge in [-0.15, -0.1) is 0 Å². The van der Waals surface area contributed by atoms with Crippen LogP contribution in [0.4, 0.5) is 0 Å². The summed E-state index contributed by atoms with van der Waals surface area (Å²) in [6, 6.07) is 9.86. The molecule has 0 saturated carbocycles. The molecule has 0 atom stereocenters. The van der Waals surface area contributed by atoms with Crippen LogP contribution in [0.1, 0.15) is 33.2 Å². The number of ether oxygens (including phenoxy) is 1. The van der Waals surface area contributed by atoms with Gasteiger partial charge in [-0.05, 0) is 37.6 Å². The van der Waals surface area contributed by atoms with E-state index in [2.05, 4.69) is 0 Å². The van der Waals surface area contributed by atoms with Gasteiger partial charge in [-0.25, -0.2) is 4.79 Å². The molecule has 5 heteroatoms. The standard InChI is InChI=1S/C16H12Cl2O3/c1-9-5-3-4-6-12(9)16(20)21-15-13(10(2)19)7-11(17)8-14(15)18/h3-8H,1-2H3. The summed E-state index contributed by atoms with van der Waals surface area (Å²) in [6.07, 6.45) is 0. The summed E-state index contributed by atoms with van der Waals surface area (Å²) < 4.78 is 5.31. The van der Waals surface area contributed by atoms with Gasteiger partial charge in [-0.2, -0.15) is 0 Å². The van der Waals surface area contributed by atoms with Crippen LogP contribution in [0.25, 0.3) is 0 Å². The van der Waals surface area contributed by atoms with E-state index in [4.69, 9.17) is 27.9 Å². The van der Waals surface area contributed by atoms with Gasteiger partial charge in [0.25, 0.3) is 0 Å². The first-order valence-corrected chi connectivity index (χ1v) is 6.93. The van der Waals surface area contributed by atoms with Crippen molar-refractivity contribution in [3.8, 4) is 5.75 Å². The average molecular weight is 323 g/mol. The zero-order chi connectivity index (χ0) is 15.6. The van der Waals surface area contributed by atoms with Crippen LogP contribution in [-0.4, -0.2) is 11.8 Å². The summed E-state index contributed by atoms with van der Waals surface area (Å²) in [5.41, 5.74) is 1.37. The maximum atomic E-state index is 12.2. The molecule has 0 amide bonds. The highest BCUT2D eigenvalue weighted by atomic mass is 35.5. The molecule has 21 heavy (non-hydrogen) atoms. The van der Waals surface area contributed by atoms with Gasteiger partial charge < -0.3 is 4.74 Å². The largest absolute Gasteiger partial charge is 0.421 e. The number of hydrogen-bond acceptors (Lipinski definition) is 3. The predicted octanol–water partition coefficient (Wildman–Crippen LogP) is 4.72. The minimum Gasteiger partial charge on any atom is -0.421 e. The Hall–Kier alpha value is -1.84. The van der Waals surface area contributed by atoms with Crippen LogP contribution < -0.4 is 4.74 Å². The zero-order valence-corrected chi connectivity index (χ0v) is 13.0. The second-order valence-electron chi connectivity index (χ2n) is 4.52. The monoisotopic (exact) mass is 322 g/mol. The van der Waals surface area contributed by atoms with Crippen LogP contribution in [0.15, 0.2) is 36.4 Å². The molecule has 0 spiro atoms. The van der Waals surface area contributed by atoms with Crippen molar-refractivity contribution < 1.29 is 14.3 Å². The summed E-state index contributed by atoms with van der Waals surface area (Å²) >= 11 is 11.9. The van der Waals surface area contributed by atoms with Crippen molar-refractivity contribution in [1.82, 2.24) is 0 Å². The van der Waals surface area contributed by atoms with Crippen molar-refractivity contribution in [2.75, 3.05) is 0 Å². The number of hydrogen-bond donors (Lipinski definition) is 0. The lowest BCUT2D eigenvalue weighted by Gasteiger charge is -2.11. The highest BCUT2D eigenvalue weighted by molar-refractivity contribution is 6.36. The van der Waals surface area contributed by atoms with Crippen LogP contribution in [-0.2, 0) is 0 Å². The third kappa shape index (κ3) is 3.43. The van der Waals surface area contributed by atoms with Gasteiger partial charge in [-0.3, -0.25) is 4.79 Å². The molecule has 0 radical (unpaired) electrons. The van der Waals surface area contributed by atoms with Crippen molar-refractivity contribution in [1.29, 1.82) is 0 Å². The Bertz CT molecular complexity index is 723. The van der Waals surface area contributed by atoms with Gasteiger partial charge in [0, 0.05) is 5.02 Å². The van der Waals surface area contributed by atoms with Crippen LogP contribution in [0, 0.1) is 6.92 Å². The fourth-order valence-corrected chi connectivity index (χ4v) is 2.41. The fourth-order valence-electron chi connectivity index (χ4n) is 1.88. The summed E-state index contributed by atoms with van der Waals surface area (Å²) in [5, 5.41) is 0.426. The normalized spacial score (nSPS) is 10.3. The third-order valence-electron chi connectivity index (χ3n) is 2.95. The van der Waals surface area contributed by atoms with Gasteiger partial charge >= 0.3 is 5.97 Å². The maximum Gasteiger partial charge on any atom is 0.343 e. The third-order valence-corrected chi connectivity index (χ3v) is 3.45. The van der Waals surface area contributed by atoms with Crippen molar-refractivity contribution >= 4 is 35.0 Å². The molecule has 0 fully saturated rings. The van der Waals surface area contributed by atoms with E-state index in [1.807, 2.05) is 6.07 Å². The Morgan fingerprint density at radius 2 is 1.71 bits per heavy atom. The molecular weight excluding hydrogens is 311 g/mol. The van der Waals surface area contributed by atoms with Crippen molar-refractivity contribution in [2.24, 2.45) is 0 Å². The molecule has 0 aliphatic rings. The number of Topliss-reactive ketones (excluding diaryl/α,β-unsaturated/α-hetero) is 1. The van der Waals surface area contributed by atoms with Crippen LogP contribution >= 0.6 is 23.2 Å². The molecule has 0 saturated heterocycles. The van der Waals surface area contributed by atoms with Gasteiger partial charge in [0.05, 0.1) is 16.1 Å². The van der Waals surface area contributed by atoms with E-state index in [0.717, 1.165) is 5.56 Å². The Kier molecular flexibility index (Phi) is 4.66. The first kappa shape index (κ1) is 15.5. The molecule has 0 heterocycles. The molecule has 3 nitrogen and oxygen atoms in total. The molecule has 2 aromatic carbocycles. The van der Waals surface area contributed by atoms with E-state index in [1.54, 1.807) is 25.1 Å². The number of benzene rings is 2. The molecule has 0 bridgehead atoms. The smallest absolute Gasteiger partial charge is 0.343 e. The summed E-state index contributed by atoms with van der Waals surface area (Å²) in [7, 11) is 0. The molecule has 108 valence electrons. The molecular formula is C16H12Cl2O3. The Morgan fingerprint density at radius 1 is 1.05 bits per heavy atom. The second-order valence-corrected chi connectivity index (χ2v) is 5.37. The number of esters is 1. The predicted molar refractivity (Wildman–Crippen MR) is 82.6 cm³/mol. The number of carbonyl (C=O) groups excluding carboxylic acids is 2. The van der Waals surface area contributed by atoms with Crippen LogP contribution in [0.3, 0.4) is 0 Å². The minimum absolute atomic E-state index is 0.0295. The molecule has 2 rings (SSSR count). The maximum absolute atomic E-state index is 12.2. The number of halogens is 2. The Labute approximate surface area is 132 Å². The first-order valence-electron chi connectivity index (χ1n) is 6.18. The van der Waals surface area contributed by atoms with E-state index in [9.17, 15) is 9.59 Å². The molecule has 2 aromatic rings. The number of ketones is 1.